The van der Waals surface area contributed by atoms with Gasteiger partial charge in [-0.25, -0.2) is 19.3 Å². The SMILES string of the molecule is N#CC(C#N)=Nc1ccc(-c2cc3c(s2)c2sc4cc(-c5ccc(N=C(C#N)C#N)s5)sc4c2n3C(=O)OCc2ccccc2)s1. The Hall–Kier alpha value is -5.45. The molecule has 0 atom stereocenters. The lowest BCUT2D eigenvalue weighted by atomic mass is 10.2. The number of thiophene rings is 5. The molecule has 0 bridgehead atoms. The Labute approximate surface area is 280 Å². The second-order valence-corrected chi connectivity index (χ2v) is 14.7. The van der Waals surface area contributed by atoms with E-state index in [1.54, 1.807) is 75.0 Å². The quantitative estimate of drug-likeness (QED) is 0.159. The van der Waals surface area contributed by atoms with Crippen molar-refractivity contribution in [1.29, 1.82) is 21.0 Å². The third-order valence-electron chi connectivity index (χ3n) is 6.65. The summed E-state index contributed by atoms with van der Waals surface area (Å²) >= 11 is 7.48. The minimum atomic E-state index is -0.486. The Kier molecular flexibility index (Phi) is 7.73. The van der Waals surface area contributed by atoms with Crippen LogP contribution in [0.15, 0.2) is 76.7 Å². The molecule has 218 valence electrons. The van der Waals surface area contributed by atoms with Gasteiger partial charge in [-0.2, -0.15) is 21.0 Å². The maximum Gasteiger partial charge on any atom is 0.419 e. The van der Waals surface area contributed by atoms with E-state index in [-0.39, 0.29) is 18.0 Å². The number of nitrogens with zero attached hydrogens (tertiary/aromatic N) is 7. The minimum Gasteiger partial charge on any atom is -0.444 e. The lowest BCUT2D eigenvalue weighted by Gasteiger charge is -2.07. The highest BCUT2D eigenvalue weighted by atomic mass is 32.1. The van der Waals surface area contributed by atoms with Crippen LogP contribution in [0.25, 0.3) is 49.3 Å². The van der Waals surface area contributed by atoms with Crippen molar-refractivity contribution in [3.05, 3.63) is 72.3 Å². The van der Waals surface area contributed by atoms with Crippen LogP contribution in [0.3, 0.4) is 0 Å². The van der Waals surface area contributed by atoms with Crippen molar-refractivity contribution in [3.63, 3.8) is 0 Å². The number of carbonyl (C=O) groups excluding carboxylic acids is 1. The predicted octanol–water partition coefficient (Wildman–Crippen LogP) is 10.0. The summed E-state index contributed by atoms with van der Waals surface area (Å²) in [4.78, 5) is 25.8. The molecule has 0 aliphatic heterocycles. The van der Waals surface area contributed by atoms with E-state index in [0.717, 1.165) is 54.9 Å². The molecule has 0 radical (unpaired) electrons. The molecular formula is C32H13N7O2S5. The Morgan fingerprint density at radius 1 is 0.674 bits per heavy atom. The number of ether oxygens (including phenoxy) is 1. The Bertz CT molecular complexity index is 2530. The molecule has 0 amide bonds. The standard InChI is InChI=1S/C32H13N7O2S5/c33-12-18(13-34)37-26-8-6-21(42-26)23-10-20-29(44-23)31-28(39(20)32(40)41-16-17-4-2-1-3-5-17)30-25(46-31)11-24(45-30)22-7-9-27(43-22)38-19(14-35)15-36/h1-11H,16H2. The van der Waals surface area contributed by atoms with Crippen LogP contribution in [0.5, 0.6) is 0 Å². The molecule has 0 unspecified atom stereocenters. The maximum atomic E-state index is 13.8. The first kappa shape index (κ1) is 29.3. The number of aromatic nitrogens is 1. The highest BCUT2D eigenvalue weighted by Crippen LogP contribution is 2.51. The smallest absolute Gasteiger partial charge is 0.419 e. The minimum absolute atomic E-state index is 0.124. The lowest BCUT2D eigenvalue weighted by molar-refractivity contribution is 0.143. The van der Waals surface area contributed by atoms with Crippen molar-refractivity contribution in [1.82, 2.24) is 4.57 Å². The van der Waals surface area contributed by atoms with E-state index in [9.17, 15) is 4.79 Å². The second kappa shape index (κ2) is 12.2. The summed E-state index contributed by atoms with van der Waals surface area (Å²) in [5.74, 6) is 0. The van der Waals surface area contributed by atoms with Gasteiger partial charge in [0.2, 0.25) is 11.4 Å². The highest BCUT2D eigenvalue weighted by molar-refractivity contribution is 7.38. The molecule has 14 heteroatoms. The molecule has 7 aromatic rings. The molecule has 0 fully saturated rings. The van der Waals surface area contributed by atoms with Crippen LogP contribution in [0.4, 0.5) is 14.8 Å². The van der Waals surface area contributed by atoms with Gasteiger partial charge in [-0.15, -0.1) is 56.7 Å². The number of hydrogen-bond donors (Lipinski definition) is 0. The molecule has 0 spiro atoms. The van der Waals surface area contributed by atoms with Crippen LogP contribution >= 0.6 is 56.7 Å². The molecule has 6 heterocycles. The highest BCUT2D eigenvalue weighted by Gasteiger charge is 2.26. The molecule has 0 aliphatic rings. The normalized spacial score (nSPS) is 10.7. The van der Waals surface area contributed by atoms with Crippen LogP contribution in [0.2, 0.25) is 0 Å². The molecule has 0 saturated heterocycles. The van der Waals surface area contributed by atoms with Gasteiger partial charge in [-0.05, 0) is 42.0 Å². The van der Waals surface area contributed by atoms with Gasteiger partial charge >= 0.3 is 6.09 Å². The number of fused-ring (bicyclic) bond motifs is 5. The van der Waals surface area contributed by atoms with Gasteiger partial charge in [-0.1, -0.05) is 30.3 Å². The number of benzene rings is 1. The van der Waals surface area contributed by atoms with Crippen LogP contribution in [-0.2, 0) is 11.3 Å². The van der Waals surface area contributed by atoms with Crippen molar-refractivity contribution >= 4 is 114 Å². The molecule has 6 aromatic heterocycles. The number of hydrogen-bond acceptors (Lipinski definition) is 13. The van der Waals surface area contributed by atoms with Gasteiger partial charge in [0.25, 0.3) is 0 Å². The summed E-state index contributed by atoms with van der Waals surface area (Å²) in [5, 5.41) is 37.4. The van der Waals surface area contributed by atoms with E-state index in [0.29, 0.717) is 10.0 Å². The molecule has 0 aliphatic carbocycles. The van der Waals surface area contributed by atoms with Crippen molar-refractivity contribution in [2.45, 2.75) is 6.61 Å². The van der Waals surface area contributed by atoms with Gasteiger partial charge in [-0.3, -0.25) is 0 Å². The third-order valence-corrected chi connectivity index (χ3v) is 12.7. The largest absolute Gasteiger partial charge is 0.444 e. The van der Waals surface area contributed by atoms with Crippen molar-refractivity contribution in [2.24, 2.45) is 9.98 Å². The van der Waals surface area contributed by atoms with Gasteiger partial charge in [0.1, 0.15) is 40.9 Å². The first-order chi connectivity index (χ1) is 22.5. The van der Waals surface area contributed by atoms with Gasteiger partial charge in [0.15, 0.2) is 0 Å². The number of nitriles is 4. The van der Waals surface area contributed by atoms with Crippen LogP contribution in [-0.4, -0.2) is 22.1 Å². The van der Waals surface area contributed by atoms with E-state index < -0.39 is 6.09 Å². The molecular weight excluding hydrogens is 675 g/mol. The van der Waals surface area contributed by atoms with E-state index in [1.807, 2.05) is 48.5 Å². The van der Waals surface area contributed by atoms with Crippen LogP contribution in [0.1, 0.15) is 5.56 Å². The Morgan fingerprint density at radius 2 is 1.26 bits per heavy atom. The van der Waals surface area contributed by atoms with Gasteiger partial charge in [0, 0.05) is 24.2 Å². The fourth-order valence-corrected chi connectivity index (χ4v) is 10.5. The summed E-state index contributed by atoms with van der Waals surface area (Å²) in [6.07, 6.45) is -0.486. The van der Waals surface area contributed by atoms with Crippen molar-refractivity contribution < 1.29 is 9.53 Å². The zero-order valence-electron chi connectivity index (χ0n) is 23.0. The van der Waals surface area contributed by atoms with Crippen LogP contribution in [0, 0.1) is 45.3 Å². The summed E-state index contributed by atoms with van der Waals surface area (Å²) in [7, 11) is 0. The van der Waals surface area contributed by atoms with Gasteiger partial charge < -0.3 is 4.74 Å². The van der Waals surface area contributed by atoms with E-state index in [4.69, 9.17) is 25.8 Å². The lowest BCUT2D eigenvalue weighted by Crippen LogP contribution is -2.13. The molecule has 0 saturated carbocycles. The van der Waals surface area contributed by atoms with Crippen molar-refractivity contribution in [3.8, 4) is 43.8 Å². The van der Waals surface area contributed by atoms with Crippen molar-refractivity contribution in [2.75, 3.05) is 0 Å². The zero-order chi connectivity index (χ0) is 31.8. The topological polar surface area (TPSA) is 151 Å². The van der Waals surface area contributed by atoms with E-state index in [1.165, 1.54) is 22.7 Å². The number of aliphatic imine (C=N–C) groups is 2. The molecule has 1 aromatic carbocycles. The average molecular weight is 688 g/mol. The first-order valence-corrected chi connectivity index (χ1v) is 17.3. The number of carbonyl (C=O) groups is 1. The molecule has 7 rings (SSSR count). The van der Waals surface area contributed by atoms with Gasteiger partial charge in [0.05, 0.1) is 25.1 Å². The zero-order valence-corrected chi connectivity index (χ0v) is 27.1. The maximum absolute atomic E-state index is 13.8. The van der Waals surface area contributed by atoms with Crippen LogP contribution < -0.4 is 0 Å². The molecule has 46 heavy (non-hydrogen) atoms. The predicted molar refractivity (Wildman–Crippen MR) is 186 cm³/mol. The third kappa shape index (κ3) is 5.27. The average Bonchev–Trinajstić information content (AvgIpc) is 3.91. The first-order valence-electron chi connectivity index (χ1n) is 13.2. The fraction of sp³-hybridized carbons (Fsp3) is 0.0312. The van der Waals surface area contributed by atoms with E-state index in [2.05, 4.69) is 16.1 Å². The monoisotopic (exact) mass is 687 g/mol. The number of rotatable bonds is 6. The molecule has 0 N–H and O–H groups in total. The fourth-order valence-electron chi connectivity index (χ4n) is 4.69. The summed E-state index contributed by atoms with van der Waals surface area (Å²) in [6, 6.07) is 28.1. The Morgan fingerprint density at radius 3 is 1.87 bits per heavy atom. The summed E-state index contributed by atoms with van der Waals surface area (Å²) in [6.45, 7) is 0.124. The molecule has 9 nitrogen and oxygen atoms in total. The summed E-state index contributed by atoms with van der Waals surface area (Å²) in [5.41, 5.74) is 1.99. The Balaban J connectivity index is 1.33. The summed E-state index contributed by atoms with van der Waals surface area (Å²) < 4.78 is 11.4. The second-order valence-electron chi connectivity index (χ2n) is 9.43. The van der Waals surface area contributed by atoms with E-state index >= 15 is 0 Å².